The molecule has 0 radical (unpaired) electrons. The highest BCUT2D eigenvalue weighted by Gasteiger charge is 2.14. The molecule has 0 aliphatic heterocycles. The number of nitro benzene ring substituents is 1. The van der Waals surface area contributed by atoms with E-state index < -0.39 is 10.9 Å². The van der Waals surface area contributed by atoms with Crippen molar-refractivity contribution in [3.63, 3.8) is 0 Å². The minimum Gasteiger partial charge on any atom is -0.478 e. The molecule has 0 amide bonds. The Morgan fingerprint density at radius 1 is 0.958 bits per heavy atom. The van der Waals surface area contributed by atoms with E-state index in [0.29, 0.717) is 11.1 Å². The second-order valence-corrected chi connectivity index (χ2v) is 5.24. The Balaban J connectivity index is 2.12. The quantitative estimate of drug-likeness (QED) is 0.335. The average Bonchev–Trinajstić information content (AvgIpc) is 2.59. The van der Waals surface area contributed by atoms with Crippen molar-refractivity contribution < 1.29 is 14.8 Å². The molecule has 0 saturated carbocycles. The highest BCUT2D eigenvalue weighted by atomic mass is 16.6. The first-order valence-electron chi connectivity index (χ1n) is 7.24. The molecule has 24 heavy (non-hydrogen) atoms. The molecule has 0 aliphatic carbocycles. The van der Waals surface area contributed by atoms with Crippen molar-refractivity contribution in [2.24, 2.45) is 0 Å². The van der Waals surface area contributed by atoms with Gasteiger partial charge in [0.25, 0.3) is 5.69 Å². The molecule has 0 unspecified atom stereocenters. The van der Waals surface area contributed by atoms with E-state index in [9.17, 15) is 20.0 Å². The first kappa shape index (κ1) is 15.4. The lowest BCUT2D eigenvalue weighted by Crippen LogP contribution is -2.00. The minimum absolute atomic E-state index is 0.0332. The molecule has 0 bridgehead atoms. The smallest absolute Gasteiger partial charge is 0.336 e. The van der Waals surface area contributed by atoms with E-state index in [0.717, 1.165) is 10.8 Å². The van der Waals surface area contributed by atoms with E-state index in [4.69, 9.17) is 0 Å². The van der Waals surface area contributed by atoms with Crippen LogP contribution in [0.3, 0.4) is 0 Å². The topological polar surface area (TPSA) is 80.4 Å². The summed E-state index contributed by atoms with van der Waals surface area (Å²) in [6.07, 6.45) is 1.52. The summed E-state index contributed by atoms with van der Waals surface area (Å²) in [7, 11) is 0. The number of hydrogen-bond acceptors (Lipinski definition) is 3. The first-order valence-corrected chi connectivity index (χ1v) is 7.24. The molecule has 1 N–H and O–H groups in total. The van der Waals surface area contributed by atoms with Gasteiger partial charge in [0.05, 0.1) is 10.5 Å². The van der Waals surface area contributed by atoms with E-state index in [-0.39, 0.29) is 11.3 Å². The molecule has 5 nitrogen and oxygen atoms in total. The Kier molecular flexibility index (Phi) is 4.07. The molecule has 5 heteroatoms. The van der Waals surface area contributed by atoms with Crippen LogP contribution in [0.15, 0.2) is 66.7 Å². The summed E-state index contributed by atoms with van der Waals surface area (Å²) in [5, 5.41) is 22.1. The van der Waals surface area contributed by atoms with Crippen LogP contribution >= 0.6 is 0 Å². The maximum Gasteiger partial charge on any atom is 0.336 e. The number of rotatable bonds is 4. The van der Waals surface area contributed by atoms with E-state index in [1.165, 1.54) is 30.3 Å². The van der Waals surface area contributed by atoms with Gasteiger partial charge in [-0.25, -0.2) is 4.79 Å². The lowest BCUT2D eigenvalue weighted by molar-refractivity contribution is -0.384. The molecule has 0 aromatic heterocycles. The zero-order chi connectivity index (χ0) is 17.1. The monoisotopic (exact) mass is 319 g/mol. The first-order chi connectivity index (χ1) is 11.6. The summed E-state index contributed by atoms with van der Waals surface area (Å²) >= 11 is 0. The lowest BCUT2D eigenvalue weighted by Gasteiger charge is -2.08. The van der Waals surface area contributed by atoms with Crippen molar-refractivity contribution >= 4 is 34.1 Å². The van der Waals surface area contributed by atoms with Gasteiger partial charge in [-0.2, -0.15) is 0 Å². The van der Waals surface area contributed by atoms with Gasteiger partial charge in [0, 0.05) is 12.1 Å². The normalized spacial score (nSPS) is 11.4. The summed E-state index contributed by atoms with van der Waals surface area (Å²) in [4.78, 5) is 22.0. The van der Waals surface area contributed by atoms with Crippen LogP contribution in [0, 0.1) is 10.1 Å². The van der Waals surface area contributed by atoms with E-state index >= 15 is 0 Å². The van der Waals surface area contributed by atoms with Gasteiger partial charge in [-0.1, -0.05) is 42.5 Å². The molecule has 0 saturated heterocycles. The van der Waals surface area contributed by atoms with Crippen molar-refractivity contribution in [1.29, 1.82) is 0 Å². The van der Waals surface area contributed by atoms with Crippen LogP contribution in [0.1, 0.15) is 11.1 Å². The van der Waals surface area contributed by atoms with Gasteiger partial charge in [-0.3, -0.25) is 10.1 Å². The number of nitrogens with zero attached hydrogens (tertiary/aromatic N) is 1. The van der Waals surface area contributed by atoms with Crippen LogP contribution in [-0.4, -0.2) is 16.0 Å². The van der Waals surface area contributed by atoms with Crippen LogP contribution in [0.4, 0.5) is 5.69 Å². The fourth-order valence-corrected chi connectivity index (χ4v) is 2.57. The Hall–Kier alpha value is -3.47. The molecular formula is C19H13NO4. The standard InChI is InChI=1S/C19H13NO4/c21-19(22)18(12-13-8-10-15(11-9-13)20(23)24)17-7-3-5-14-4-1-2-6-16(14)17/h1-12H,(H,21,22). The van der Waals surface area contributed by atoms with Crippen LogP contribution in [0.2, 0.25) is 0 Å². The molecule has 0 fully saturated rings. The summed E-state index contributed by atoms with van der Waals surface area (Å²) < 4.78 is 0. The second-order valence-electron chi connectivity index (χ2n) is 5.24. The number of fused-ring (bicyclic) bond motifs is 1. The molecule has 0 heterocycles. The third-order valence-electron chi connectivity index (χ3n) is 3.73. The number of hydrogen-bond donors (Lipinski definition) is 1. The summed E-state index contributed by atoms with van der Waals surface area (Å²) in [6, 6.07) is 18.8. The molecule has 3 rings (SSSR count). The van der Waals surface area contributed by atoms with Crippen molar-refractivity contribution in [3.8, 4) is 0 Å². The second kappa shape index (κ2) is 6.34. The van der Waals surface area contributed by atoms with Crippen molar-refractivity contribution in [2.75, 3.05) is 0 Å². The van der Waals surface area contributed by atoms with Gasteiger partial charge >= 0.3 is 5.97 Å². The maximum absolute atomic E-state index is 11.7. The summed E-state index contributed by atoms with van der Waals surface area (Å²) in [6.45, 7) is 0. The SMILES string of the molecule is O=C(O)C(=Cc1ccc([N+](=O)[O-])cc1)c1cccc2ccccc12. The van der Waals surface area contributed by atoms with Gasteiger partial charge in [0.15, 0.2) is 0 Å². The van der Waals surface area contributed by atoms with Gasteiger partial charge in [0.1, 0.15) is 0 Å². The Bertz CT molecular complexity index is 953. The average molecular weight is 319 g/mol. The third kappa shape index (κ3) is 3.01. The Labute approximate surface area is 137 Å². The zero-order valence-electron chi connectivity index (χ0n) is 12.5. The Morgan fingerprint density at radius 3 is 2.29 bits per heavy atom. The Morgan fingerprint density at radius 2 is 1.62 bits per heavy atom. The number of carboxylic acids is 1. The molecular weight excluding hydrogens is 306 g/mol. The highest BCUT2D eigenvalue weighted by Crippen LogP contribution is 2.27. The van der Waals surface area contributed by atoms with Crippen molar-refractivity contribution in [1.82, 2.24) is 0 Å². The summed E-state index contributed by atoms with van der Waals surface area (Å²) in [5.74, 6) is -1.05. The van der Waals surface area contributed by atoms with E-state index in [2.05, 4.69) is 0 Å². The summed E-state index contributed by atoms with van der Waals surface area (Å²) in [5.41, 5.74) is 1.31. The number of non-ortho nitro benzene ring substituents is 1. The third-order valence-corrected chi connectivity index (χ3v) is 3.73. The molecule has 3 aromatic carbocycles. The number of carbonyl (C=O) groups is 1. The van der Waals surface area contributed by atoms with Crippen LogP contribution < -0.4 is 0 Å². The molecule has 0 spiro atoms. The number of carboxylic acid groups (broad SMARTS) is 1. The lowest BCUT2D eigenvalue weighted by atomic mass is 9.96. The van der Waals surface area contributed by atoms with Crippen LogP contribution in [0.25, 0.3) is 22.4 Å². The molecule has 0 atom stereocenters. The fourth-order valence-electron chi connectivity index (χ4n) is 2.57. The van der Waals surface area contributed by atoms with Crippen LogP contribution in [-0.2, 0) is 4.79 Å². The maximum atomic E-state index is 11.7. The molecule has 118 valence electrons. The largest absolute Gasteiger partial charge is 0.478 e. The minimum atomic E-state index is -1.05. The van der Waals surface area contributed by atoms with Gasteiger partial charge in [0.2, 0.25) is 0 Å². The van der Waals surface area contributed by atoms with Gasteiger partial charge < -0.3 is 5.11 Å². The number of benzene rings is 3. The highest BCUT2D eigenvalue weighted by molar-refractivity contribution is 6.23. The van der Waals surface area contributed by atoms with Crippen LogP contribution in [0.5, 0.6) is 0 Å². The number of nitro groups is 1. The van der Waals surface area contributed by atoms with Crippen molar-refractivity contribution in [2.45, 2.75) is 0 Å². The van der Waals surface area contributed by atoms with Crippen molar-refractivity contribution in [3.05, 3.63) is 88.0 Å². The fraction of sp³-hybridized carbons (Fsp3) is 0. The van der Waals surface area contributed by atoms with Gasteiger partial charge in [-0.15, -0.1) is 0 Å². The van der Waals surface area contributed by atoms with Gasteiger partial charge in [-0.05, 0) is 40.1 Å². The molecule has 0 aliphatic rings. The van der Waals surface area contributed by atoms with E-state index in [1.54, 1.807) is 6.07 Å². The zero-order valence-corrected chi connectivity index (χ0v) is 12.5. The van der Waals surface area contributed by atoms with E-state index in [1.807, 2.05) is 36.4 Å². The predicted molar refractivity (Wildman–Crippen MR) is 92.6 cm³/mol. The number of aliphatic carboxylic acids is 1. The predicted octanol–water partition coefficient (Wildman–Crippen LogP) is 4.37. The molecule has 3 aromatic rings.